The molecule has 0 heterocycles. The smallest absolute Gasteiger partial charge is 0.407 e. The van der Waals surface area contributed by atoms with Crippen LogP contribution in [0.3, 0.4) is 0 Å². The van der Waals surface area contributed by atoms with Crippen LogP contribution in [0.15, 0.2) is 34.3 Å². The third kappa shape index (κ3) is 10.3. The van der Waals surface area contributed by atoms with Crippen molar-refractivity contribution in [3.63, 3.8) is 0 Å². The van der Waals surface area contributed by atoms with Gasteiger partial charge in [0.25, 0.3) is 0 Å². The third-order valence-electron chi connectivity index (χ3n) is 5.57. The summed E-state index contributed by atoms with van der Waals surface area (Å²) in [6.45, 7) is 11.2. The maximum Gasteiger partial charge on any atom is 0.407 e. The highest BCUT2D eigenvalue weighted by atomic mass is 16.6. The second kappa shape index (κ2) is 14.5. The molecule has 0 saturated heterocycles. The number of ketones is 2. The Morgan fingerprint density at radius 2 is 1.64 bits per heavy atom. The van der Waals surface area contributed by atoms with E-state index in [4.69, 9.17) is 9.47 Å². The molecule has 0 aromatic heterocycles. The summed E-state index contributed by atoms with van der Waals surface area (Å²) in [5.74, 6) is 0.584. The number of benzene rings is 1. The van der Waals surface area contributed by atoms with Gasteiger partial charge in [-0.25, -0.2) is 4.79 Å². The molecule has 1 amide bonds. The zero-order valence-electron chi connectivity index (χ0n) is 22.3. The summed E-state index contributed by atoms with van der Waals surface area (Å²) in [6, 6.07) is 7.98. The van der Waals surface area contributed by atoms with Crippen LogP contribution in [-0.4, -0.2) is 79.4 Å². The first-order valence-electron chi connectivity index (χ1n) is 12.6. The number of methoxy groups -OCH3 is 1. The minimum absolute atomic E-state index is 0.00648. The highest BCUT2D eigenvalue weighted by molar-refractivity contribution is 6.60. The van der Waals surface area contributed by atoms with Crippen LogP contribution in [0.1, 0.15) is 58.9 Å². The lowest BCUT2D eigenvalue weighted by Gasteiger charge is -2.21. The Kier molecular flexibility index (Phi) is 11.7. The van der Waals surface area contributed by atoms with Crippen LogP contribution in [0.25, 0.3) is 0 Å². The normalized spacial score (nSPS) is 16.6. The average molecular weight is 501 g/mol. The number of Topliss-reactive ketones (excluding diaryl/α,β-unsaturated/α-hetero) is 2. The number of carbonyl (C=O) groups is 3. The zero-order chi connectivity index (χ0) is 26.6. The molecule has 1 aromatic carbocycles. The van der Waals surface area contributed by atoms with E-state index >= 15 is 0 Å². The first-order chi connectivity index (χ1) is 17.1. The van der Waals surface area contributed by atoms with Crippen LogP contribution in [0.4, 0.5) is 4.79 Å². The van der Waals surface area contributed by atoms with Gasteiger partial charge < -0.3 is 14.8 Å². The Morgan fingerprint density at radius 3 is 2.22 bits per heavy atom. The van der Waals surface area contributed by atoms with Crippen molar-refractivity contribution in [1.29, 1.82) is 0 Å². The number of para-hydroxylation sites is 1. The van der Waals surface area contributed by atoms with E-state index in [-0.39, 0.29) is 24.4 Å². The second-order valence-corrected chi connectivity index (χ2v) is 9.67. The molecule has 36 heavy (non-hydrogen) atoms. The topological polar surface area (TPSA) is 110 Å². The van der Waals surface area contributed by atoms with Crippen LogP contribution in [0.2, 0.25) is 0 Å². The predicted molar refractivity (Wildman–Crippen MR) is 141 cm³/mol. The van der Waals surface area contributed by atoms with E-state index in [0.29, 0.717) is 37.5 Å². The minimum atomic E-state index is -0.551. The van der Waals surface area contributed by atoms with Crippen molar-refractivity contribution in [2.75, 3.05) is 39.8 Å². The van der Waals surface area contributed by atoms with E-state index in [1.54, 1.807) is 27.9 Å². The zero-order valence-corrected chi connectivity index (χ0v) is 22.3. The molecule has 2 rings (SSSR count). The molecule has 1 aliphatic carbocycles. The van der Waals surface area contributed by atoms with Crippen LogP contribution >= 0.6 is 0 Å². The largest absolute Gasteiger partial charge is 0.496 e. The highest BCUT2D eigenvalue weighted by Crippen LogP contribution is 2.19. The average Bonchev–Trinajstić information content (AvgIpc) is 2.82. The van der Waals surface area contributed by atoms with Gasteiger partial charge in [0.2, 0.25) is 0 Å². The number of ether oxygens (including phenoxy) is 2. The molecule has 1 N–H and O–H groups in total. The number of carbonyl (C=O) groups excluding carboxylic acids is 3. The molecule has 1 aromatic rings. The number of hydrogen-bond acceptors (Lipinski definition) is 8. The lowest BCUT2D eigenvalue weighted by Crippen LogP contribution is -2.34. The van der Waals surface area contributed by atoms with Crippen LogP contribution in [0.5, 0.6) is 5.75 Å². The second-order valence-electron chi connectivity index (χ2n) is 9.67. The first-order valence-corrected chi connectivity index (χ1v) is 12.6. The highest BCUT2D eigenvalue weighted by Gasteiger charge is 2.28. The maximum absolute atomic E-state index is 12.5. The summed E-state index contributed by atoms with van der Waals surface area (Å²) in [7, 11) is 1.67. The number of nitrogens with one attached hydrogen (secondary N) is 1. The number of hydrogen-bond donors (Lipinski definition) is 1. The lowest BCUT2D eigenvalue weighted by molar-refractivity contribution is -0.116. The van der Waals surface area contributed by atoms with Gasteiger partial charge in [0.15, 0.2) is 11.6 Å². The number of nitrogens with zero attached hydrogens (tertiary/aromatic N) is 3. The molecule has 1 saturated carbocycles. The minimum Gasteiger partial charge on any atom is -0.496 e. The fourth-order valence-corrected chi connectivity index (χ4v) is 3.72. The molecule has 0 bridgehead atoms. The van der Waals surface area contributed by atoms with Crippen molar-refractivity contribution in [2.24, 2.45) is 9.98 Å². The van der Waals surface area contributed by atoms with E-state index < -0.39 is 11.7 Å². The standard InChI is InChI=1S/C27H40N4O5/c1-6-31(19-20-11-7-8-12-25(20)35-5)16-10-15-29-22-18-23(32)21(17-24(22)33)28-13-9-14-30-26(34)36-27(2,3)4/h7-8,11-12H,6,9-10,13-19H2,1-5H3,(H,30,34). The van der Waals surface area contributed by atoms with Crippen molar-refractivity contribution in [3.05, 3.63) is 29.8 Å². The third-order valence-corrected chi connectivity index (χ3v) is 5.57. The fraction of sp³-hybridized carbons (Fsp3) is 0.593. The molecule has 1 fully saturated rings. The quantitative estimate of drug-likeness (QED) is 0.439. The van der Waals surface area contributed by atoms with Gasteiger partial charge in [-0.1, -0.05) is 25.1 Å². The number of aliphatic imine (C=N–C) groups is 2. The van der Waals surface area contributed by atoms with Crippen molar-refractivity contribution in [3.8, 4) is 5.75 Å². The van der Waals surface area contributed by atoms with Crippen LogP contribution in [-0.2, 0) is 20.9 Å². The summed E-state index contributed by atoms with van der Waals surface area (Å²) < 4.78 is 10.6. The summed E-state index contributed by atoms with van der Waals surface area (Å²) in [4.78, 5) is 47.6. The van der Waals surface area contributed by atoms with Gasteiger partial charge in [-0.3, -0.25) is 24.5 Å². The molecule has 9 heteroatoms. The molecular formula is C27H40N4O5. The molecule has 1 aliphatic rings. The van der Waals surface area contributed by atoms with Crippen LogP contribution < -0.4 is 10.1 Å². The molecule has 0 atom stereocenters. The van der Waals surface area contributed by atoms with Gasteiger partial charge in [-0.05, 0) is 46.2 Å². The Morgan fingerprint density at radius 1 is 1.03 bits per heavy atom. The SMILES string of the molecule is CCN(CCCN=C1CC(=O)C(=NCCCNC(=O)OC(C)(C)C)CC1=O)Cc1ccccc1OC. The monoisotopic (exact) mass is 500 g/mol. The molecule has 198 valence electrons. The van der Waals surface area contributed by atoms with Crippen molar-refractivity contribution < 1.29 is 23.9 Å². The van der Waals surface area contributed by atoms with Crippen molar-refractivity contribution in [2.45, 2.75) is 65.5 Å². The van der Waals surface area contributed by atoms with E-state index in [9.17, 15) is 14.4 Å². The number of amides is 1. The molecular weight excluding hydrogens is 460 g/mol. The van der Waals surface area contributed by atoms with Gasteiger partial charge in [0, 0.05) is 38.3 Å². The predicted octanol–water partition coefficient (Wildman–Crippen LogP) is 3.64. The Hall–Kier alpha value is -3.07. The summed E-state index contributed by atoms with van der Waals surface area (Å²) in [5, 5.41) is 2.65. The molecule has 9 nitrogen and oxygen atoms in total. The molecule has 0 unspecified atom stereocenters. The van der Waals surface area contributed by atoms with Gasteiger partial charge in [-0.15, -0.1) is 0 Å². The van der Waals surface area contributed by atoms with Gasteiger partial charge in [-0.2, -0.15) is 0 Å². The summed E-state index contributed by atoms with van der Waals surface area (Å²) in [5.41, 5.74) is 1.22. The number of rotatable bonds is 12. The van der Waals surface area contributed by atoms with Gasteiger partial charge >= 0.3 is 6.09 Å². The first kappa shape index (κ1) is 29.2. The van der Waals surface area contributed by atoms with Crippen LogP contribution in [0, 0.1) is 0 Å². The van der Waals surface area contributed by atoms with E-state index in [1.165, 1.54) is 0 Å². The Balaban J connectivity index is 1.75. The molecule has 0 aliphatic heterocycles. The fourth-order valence-electron chi connectivity index (χ4n) is 3.72. The summed E-state index contributed by atoms with van der Waals surface area (Å²) >= 11 is 0. The van der Waals surface area contributed by atoms with Gasteiger partial charge in [0.05, 0.1) is 31.4 Å². The van der Waals surface area contributed by atoms with E-state index in [1.807, 2.05) is 18.2 Å². The van der Waals surface area contributed by atoms with Crippen molar-refractivity contribution >= 4 is 29.1 Å². The lowest BCUT2D eigenvalue weighted by atomic mass is 9.93. The maximum atomic E-state index is 12.5. The Labute approximate surface area is 214 Å². The van der Waals surface area contributed by atoms with Crippen molar-refractivity contribution in [1.82, 2.24) is 10.2 Å². The summed E-state index contributed by atoms with van der Waals surface area (Å²) in [6.07, 6.45) is 0.855. The van der Waals surface area contributed by atoms with E-state index in [0.717, 1.165) is 37.4 Å². The molecule has 0 radical (unpaired) electrons. The Bertz CT molecular complexity index is 965. The van der Waals surface area contributed by atoms with Gasteiger partial charge in [0.1, 0.15) is 11.4 Å². The number of alkyl carbamates (subject to hydrolysis) is 1. The van der Waals surface area contributed by atoms with E-state index in [2.05, 4.69) is 33.2 Å². The molecule has 0 spiro atoms.